The molecule has 0 atom stereocenters. The summed E-state index contributed by atoms with van der Waals surface area (Å²) in [5.74, 6) is -0.383. The van der Waals surface area contributed by atoms with E-state index in [2.05, 4.69) is 35.6 Å². The standard InChI is InChI=1S/C21H32O6/c1-4-5-6-7-8-9-10-11-16-24-21(23)26-27-25-20(22)19-14-12-18(13-15-19)17(2)3/h12-15,17H,4-11,16H2,1-3H3. The van der Waals surface area contributed by atoms with E-state index in [0.717, 1.165) is 24.8 Å². The number of carbonyl (C=O) groups excluding carboxylic acids is 2. The van der Waals surface area contributed by atoms with Crippen LogP contribution < -0.4 is 0 Å². The maximum atomic E-state index is 11.8. The Balaban J connectivity index is 2.05. The molecule has 0 spiro atoms. The fourth-order valence-electron chi connectivity index (χ4n) is 2.54. The SMILES string of the molecule is CCCCCCCCCCOC(=O)OOOC(=O)c1ccc(C(C)C)cc1. The zero-order valence-corrected chi connectivity index (χ0v) is 16.7. The van der Waals surface area contributed by atoms with Crippen LogP contribution in [0.5, 0.6) is 0 Å². The summed E-state index contributed by atoms with van der Waals surface area (Å²) < 4.78 is 4.84. The number of rotatable bonds is 13. The Labute approximate surface area is 162 Å². The molecule has 0 heterocycles. The van der Waals surface area contributed by atoms with Gasteiger partial charge >= 0.3 is 12.1 Å². The minimum atomic E-state index is -1.03. The van der Waals surface area contributed by atoms with E-state index in [9.17, 15) is 9.59 Å². The van der Waals surface area contributed by atoms with E-state index in [1.807, 2.05) is 12.1 Å². The Morgan fingerprint density at radius 2 is 1.44 bits per heavy atom. The fraction of sp³-hybridized carbons (Fsp3) is 0.619. The molecular weight excluding hydrogens is 348 g/mol. The number of hydrogen-bond acceptors (Lipinski definition) is 6. The highest BCUT2D eigenvalue weighted by Gasteiger charge is 2.12. The van der Waals surface area contributed by atoms with Crippen LogP contribution >= 0.6 is 0 Å². The molecule has 1 aromatic carbocycles. The van der Waals surface area contributed by atoms with Crippen molar-refractivity contribution in [2.45, 2.75) is 78.1 Å². The average molecular weight is 380 g/mol. The molecule has 0 aliphatic rings. The Morgan fingerprint density at radius 3 is 2.04 bits per heavy atom. The van der Waals surface area contributed by atoms with Crippen LogP contribution in [0.3, 0.4) is 0 Å². The molecule has 0 aliphatic carbocycles. The van der Waals surface area contributed by atoms with Gasteiger partial charge in [0.2, 0.25) is 0 Å². The molecule has 0 aromatic heterocycles. The summed E-state index contributed by atoms with van der Waals surface area (Å²) in [6.07, 6.45) is 8.18. The molecule has 0 bridgehead atoms. The summed E-state index contributed by atoms with van der Waals surface area (Å²) in [4.78, 5) is 31.8. The molecule has 0 fully saturated rings. The lowest BCUT2D eigenvalue weighted by molar-refractivity contribution is -0.452. The van der Waals surface area contributed by atoms with Gasteiger partial charge in [-0.15, -0.1) is 0 Å². The van der Waals surface area contributed by atoms with Gasteiger partial charge in [0, 0.05) is 0 Å². The summed E-state index contributed by atoms with van der Waals surface area (Å²) in [7, 11) is 0. The Kier molecular flexibility index (Phi) is 11.9. The van der Waals surface area contributed by atoms with Crippen LogP contribution in [0.1, 0.15) is 94.0 Å². The predicted octanol–water partition coefficient (Wildman–Crippen LogP) is 6.11. The van der Waals surface area contributed by atoms with Gasteiger partial charge < -0.3 is 4.74 Å². The molecule has 0 radical (unpaired) electrons. The third-order valence-corrected chi connectivity index (χ3v) is 4.24. The van der Waals surface area contributed by atoms with Crippen LogP contribution in [0.2, 0.25) is 0 Å². The van der Waals surface area contributed by atoms with Gasteiger partial charge in [-0.25, -0.2) is 14.5 Å². The van der Waals surface area contributed by atoms with E-state index in [-0.39, 0.29) is 6.61 Å². The summed E-state index contributed by atoms with van der Waals surface area (Å²) in [6.45, 7) is 6.57. The van der Waals surface area contributed by atoms with E-state index in [0.29, 0.717) is 11.5 Å². The van der Waals surface area contributed by atoms with Crippen LogP contribution in [0.15, 0.2) is 24.3 Å². The maximum Gasteiger partial charge on any atom is 0.543 e. The number of carbonyl (C=O) groups is 2. The summed E-state index contributed by atoms with van der Waals surface area (Å²) >= 11 is 0. The van der Waals surface area contributed by atoms with Crippen molar-refractivity contribution in [1.29, 1.82) is 0 Å². The normalized spacial score (nSPS) is 10.7. The first-order valence-corrected chi connectivity index (χ1v) is 9.86. The predicted molar refractivity (Wildman–Crippen MR) is 102 cm³/mol. The molecule has 6 nitrogen and oxygen atoms in total. The van der Waals surface area contributed by atoms with Gasteiger partial charge in [-0.1, -0.05) is 77.8 Å². The van der Waals surface area contributed by atoms with Crippen molar-refractivity contribution in [1.82, 2.24) is 0 Å². The lowest BCUT2D eigenvalue weighted by Gasteiger charge is -2.06. The number of benzene rings is 1. The average Bonchev–Trinajstić information content (AvgIpc) is 2.66. The highest BCUT2D eigenvalue weighted by molar-refractivity contribution is 5.88. The van der Waals surface area contributed by atoms with E-state index in [1.165, 1.54) is 32.1 Å². The van der Waals surface area contributed by atoms with Crippen molar-refractivity contribution < 1.29 is 29.1 Å². The Morgan fingerprint density at radius 1 is 0.852 bits per heavy atom. The number of hydrogen-bond donors (Lipinski definition) is 0. The highest BCUT2D eigenvalue weighted by atomic mass is 17.5. The van der Waals surface area contributed by atoms with Crippen LogP contribution in [-0.4, -0.2) is 18.7 Å². The zero-order chi connectivity index (χ0) is 19.9. The van der Waals surface area contributed by atoms with Crippen molar-refractivity contribution in [2.24, 2.45) is 0 Å². The van der Waals surface area contributed by atoms with Crippen LogP contribution in [0, 0.1) is 0 Å². The van der Waals surface area contributed by atoms with Crippen molar-refractivity contribution >= 4 is 12.1 Å². The molecule has 0 saturated heterocycles. The fourth-order valence-corrected chi connectivity index (χ4v) is 2.54. The van der Waals surface area contributed by atoms with Crippen LogP contribution in [-0.2, 0) is 19.6 Å². The quantitative estimate of drug-likeness (QED) is 0.178. The summed E-state index contributed by atoms with van der Waals surface area (Å²) in [6, 6.07) is 6.92. The molecule has 6 heteroatoms. The Hall–Kier alpha value is -2.08. The lowest BCUT2D eigenvalue weighted by atomic mass is 10.0. The van der Waals surface area contributed by atoms with E-state index in [4.69, 9.17) is 4.74 Å². The zero-order valence-electron chi connectivity index (χ0n) is 16.7. The second kappa shape index (κ2) is 14.0. The number of unbranched alkanes of at least 4 members (excludes halogenated alkanes) is 7. The van der Waals surface area contributed by atoms with Crippen molar-refractivity contribution in [3.63, 3.8) is 0 Å². The van der Waals surface area contributed by atoms with Gasteiger partial charge in [-0.05, 0) is 30.0 Å². The van der Waals surface area contributed by atoms with Gasteiger partial charge in [0.1, 0.15) is 0 Å². The summed E-state index contributed by atoms with van der Waals surface area (Å²) in [5, 5.41) is 4.20. The third-order valence-electron chi connectivity index (χ3n) is 4.24. The van der Waals surface area contributed by atoms with E-state index < -0.39 is 12.1 Å². The smallest absolute Gasteiger partial charge is 0.432 e. The van der Waals surface area contributed by atoms with E-state index >= 15 is 0 Å². The lowest BCUT2D eigenvalue weighted by Crippen LogP contribution is -2.12. The Bertz CT molecular complexity index is 538. The second-order valence-corrected chi connectivity index (χ2v) is 6.87. The van der Waals surface area contributed by atoms with Gasteiger partial charge in [0.25, 0.3) is 0 Å². The molecule has 152 valence electrons. The monoisotopic (exact) mass is 380 g/mol. The van der Waals surface area contributed by atoms with Crippen LogP contribution in [0.25, 0.3) is 0 Å². The topological polar surface area (TPSA) is 71.1 Å². The van der Waals surface area contributed by atoms with Crippen molar-refractivity contribution in [2.75, 3.05) is 6.61 Å². The largest absolute Gasteiger partial charge is 0.543 e. The first kappa shape index (κ1) is 23.0. The summed E-state index contributed by atoms with van der Waals surface area (Å²) in [5.41, 5.74) is 1.41. The highest BCUT2D eigenvalue weighted by Crippen LogP contribution is 2.15. The van der Waals surface area contributed by atoms with E-state index in [1.54, 1.807) is 12.1 Å². The first-order valence-electron chi connectivity index (χ1n) is 9.86. The third kappa shape index (κ3) is 10.6. The second-order valence-electron chi connectivity index (χ2n) is 6.87. The van der Waals surface area contributed by atoms with Gasteiger partial charge in [-0.2, -0.15) is 0 Å². The minimum Gasteiger partial charge on any atom is -0.432 e. The first-order chi connectivity index (χ1) is 13.0. The number of ether oxygens (including phenoxy) is 1. The molecule has 0 unspecified atom stereocenters. The molecule has 0 aliphatic heterocycles. The molecule has 1 aromatic rings. The maximum absolute atomic E-state index is 11.8. The van der Waals surface area contributed by atoms with Crippen molar-refractivity contribution in [3.05, 3.63) is 35.4 Å². The molecular formula is C21H32O6. The van der Waals surface area contributed by atoms with Crippen molar-refractivity contribution in [3.8, 4) is 0 Å². The molecule has 0 saturated carbocycles. The van der Waals surface area contributed by atoms with Gasteiger partial charge in [0.05, 0.1) is 17.2 Å². The molecule has 0 N–H and O–H groups in total. The molecule has 0 amide bonds. The van der Waals surface area contributed by atoms with Crippen LogP contribution in [0.4, 0.5) is 4.79 Å². The molecule has 1 rings (SSSR count). The van der Waals surface area contributed by atoms with Gasteiger partial charge in [0.15, 0.2) is 0 Å². The minimum absolute atomic E-state index is 0.252. The van der Waals surface area contributed by atoms with Gasteiger partial charge in [-0.3, -0.25) is 4.89 Å². The molecule has 27 heavy (non-hydrogen) atoms.